The molecule has 29 heavy (non-hydrogen) atoms. The van der Waals surface area contributed by atoms with Crippen LogP contribution in [0.15, 0.2) is 18.3 Å². The van der Waals surface area contributed by atoms with Crippen LogP contribution in [0.3, 0.4) is 0 Å². The summed E-state index contributed by atoms with van der Waals surface area (Å²) in [5.74, 6) is -0.618. The normalized spacial score (nSPS) is 23.6. The number of carbonyl (C=O) groups excluding carboxylic acids is 2. The quantitative estimate of drug-likeness (QED) is 0.821. The first kappa shape index (κ1) is 19.8. The van der Waals surface area contributed by atoms with Crippen LogP contribution < -0.4 is 10.5 Å². The van der Waals surface area contributed by atoms with Gasteiger partial charge in [-0.2, -0.15) is 0 Å². The van der Waals surface area contributed by atoms with E-state index in [1.165, 1.54) is 12.3 Å². The molecule has 0 unspecified atom stereocenters. The standard InChI is InChI=1S/C19H23F3N4O3/c20-19(21,22)29-15-2-1-12(8-24-15)5-13-6-18(7-13)10-26(11-18)17(28)25-4-3-14(9-25)16(23)27/h1-2,8,13-14H,3-7,9-11H2,(H2,23,27)/t14-/m0/s1. The van der Waals surface area contributed by atoms with Gasteiger partial charge in [-0.1, -0.05) is 6.07 Å². The number of nitrogens with zero attached hydrogens (tertiary/aromatic N) is 3. The average molecular weight is 412 g/mol. The van der Waals surface area contributed by atoms with Crippen molar-refractivity contribution in [2.75, 3.05) is 26.2 Å². The summed E-state index contributed by atoms with van der Waals surface area (Å²) in [7, 11) is 0. The lowest BCUT2D eigenvalue weighted by molar-refractivity contribution is -0.276. The van der Waals surface area contributed by atoms with Crippen molar-refractivity contribution in [1.82, 2.24) is 14.8 Å². The predicted molar refractivity (Wildman–Crippen MR) is 95.6 cm³/mol. The van der Waals surface area contributed by atoms with Crippen LogP contribution in [-0.2, 0) is 11.2 Å². The molecule has 1 aliphatic carbocycles. The highest BCUT2D eigenvalue weighted by atomic mass is 19.4. The summed E-state index contributed by atoms with van der Waals surface area (Å²) in [6.45, 7) is 2.41. The van der Waals surface area contributed by atoms with Crippen LogP contribution >= 0.6 is 0 Å². The first-order chi connectivity index (χ1) is 13.6. The van der Waals surface area contributed by atoms with Crippen LogP contribution in [0, 0.1) is 17.3 Å². The molecule has 0 aromatic carbocycles. The Balaban J connectivity index is 1.20. The fourth-order valence-corrected chi connectivity index (χ4v) is 4.88. The van der Waals surface area contributed by atoms with E-state index < -0.39 is 12.2 Å². The fourth-order valence-electron chi connectivity index (χ4n) is 4.88. The van der Waals surface area contributed by atoms with Gasteiger partial charge in [0.05, 0.1) is 5.92 Å². The Morgan fingerprint density at radius 2 is 1.97 bits per heavy atom. The third-order valence-electron chi connectivity index (χ3n) is 6.17. The van der Waals surface area contributed by atoms with E-state index in [1.54, 1.807) is 11.0 Å². The van der Waals surface area contributed by atoms with Crippen LogP contribution in [0.1, 0.15) is 24.8 Å². The van der Waals surface area contributed by atoms with Crippen molar-refractivity contribution >= 4 is 11.9 Å². The van der Waals surface area contributed by atoms with Gasteiger partial charge in [-0.05, 0) is 37.2 Å². The van der Waals surface area contributed by atoms with Gasteiger partial charge in [0.15, 0.2) is 0 Å². The van der Waals surface area contributed by atoms with Crippen molar-refractivity contribution in [3.8, 4) is 5.88 Å². The molecule has 10 heteroatoms. The minimum atomic E-state index is -4.74. The molecule has 158 valence electrons. The molecule has 0 radical (unpaired) electrons. The second-order valence-corrected chi connectivity index (χ2v) is 8.50. The highest BCUT2D eigenvalue weighted by Gasteiger charge is 2.54. The second-order valence-electron chi connectivity index (χ2n) is 8.50. The maximum Gasteiger partial charge on any atom is 0.574 e. The number of ether oxygens (including phenoxy) is 1. The molecule has 4 rings (SSSR count). The number of carbonyl (C=O) groups is 2. The number of rotatable bonds is 4. The van der Waals surface area contributed by atoms with Crippen molar-refractivity contribution in [3.63, 3.8) is 0 Å². The lowest BCUT2D eigenvalue weighted by atomic mass is 9.56. The highest BCUT2D eigenvalue weighted by Crippen LogP contribution is 2.53. The molecule has 1 spiro atoms. The number of amides is 3. The molecule has 2 aliphatic heterocycles. The summed E-state index contributed by atoms with van der Waals surface area (Å²) < 4.78 is 40.3. The Morgan fingerprint density at radius 3 is 2.52 bits per heavy atom. The van der Waals surface area contributed by atoms with Gasteiger partial charge in [-0.15, -0.1) is 13.2 Å². The highest BCUT2D eigenvalue weighted by molar-refractivity contribution is 5.80. The van der Waals surface area contributed by atoms with Gasteiger partial charge in [0, 0.05) is 43.9 Å². The van der Waals surface area contributed by atoms with Gasteiger partial charge in [0.2, 0.25) is 11.8 Å². The Hall–Kier alpha value is -2.52. The Labute approximate surface area is 166 Å². The van der Waals surface area contributed by atoms with E-state index in [1.807, 2.05) is 4.90 Å². The van der Waals surface area contributed by atoms with Crippen molar-refractivity contribution in [3.05, 3.63) is 23.9 Å². The molecule has 3 amide bonds. The van der Waals surface area contributed by atoms with Gasteiger partial charge in [0.25, 0.3) is 0 Å². The fraction of sp³-hybridized carbons (Fsp3) is 0.632. The Kier molecular flexibility index (Phi) is 4.82. The zero-order valence-electron chi connectivity index (χ0n) is 15.8. The minimum Gasteiger partial charge on any atom is -0.388 e. The van der Waals surface area contributed by atoms with Gasteiger partial charge in [-0.25, -0.2) is 9.78 Å². The monoisotopic (exact) mass is 412 g/mol. The van der Waals surface area contributed by atoms with E-state index in [0.717, 1.165) is 37.9 Å². The average Bonchev–Trinajstić information content (AvgIpc) is 3.06. The number of likely N-dealkylation sites (tertiary alicyclic amines) is 2. The zero-order chi connectivity index (χ0) is 20.8. The summed E-state index contributed by atoms with van der Waals surface area (Å²) in [4.78, 5) is 31.0. The first-order valence-corrected chi connectivity index (χ1v) is 9.66. The number of primary amides is 1. The molecule has 1 atom stereocenters. The molecule has 1 saturated carbocycles. The summed E-state index contributed by atoms with van der Waals surface area (Å²) in [5, 5.41) is 0. The number of halogens is 3. The van der Waals surface area contributed by atoms with Crippen molar-refractivity contribution in [2.24, 2.45) is 23.0 Å². The van der Waals surface area contributed by atoms with E-state index in [2.05, 4.69) is 9.72 Å². The molecule has 2 saturated heterocycles. The van der Waals surface area contributed by atoms with Gasteiger partial charge >= 0.3 is 12.4 Å². The Bertz CT molecular complexity index is 785. The maximum absolute atomic E-state index is 12.5. The molecular formula is C19H23F3N4O3. The number of nitrogens with two attached hydrogens (primary N) is 1. The topological polar surface area (TPSA) is 88.8 Å². The van der Waals surface area contributed by atoms with Crippen LogP contribution in [0.2, 0.25) is 0 Å². The van der Waals surface area contributed by atoms with E-state index in [4.69, 9.17) is 5.73 Å². The lowest BCUT2D eigenvalue weighted by Gasteiger charge is -2.59. The molecule has 3 aliphatic rings. The summed E-state index contributed by atoms with van der Waals surface area (Å²) >= 11 is 0. The van der Waals surface area contributed by atoms with Crippen LogP contribution in [0.5, 0.6) is 5.88 Å². The number of aromatic nitrogens is 1. The molecule has 7 nitrogen and oxygen atoms in total. The lowest BCUT2D eigenvalue weighted by Crippen LogP contribution is -2.65. The van der Waals surface area contributed by atoms with Gasteiger partial charge < -0.3 is 20.3 Å². The van der Waals surface area contributed by atoms with Crippen LogP contribution in [0.25, 0.3) is 0 Å². The summed E-state index contributed by atoms with van der Waals surface area (Å²) in [5.41, 5.74) is 6.36. The van der Waals surface area contributed by atoms with Gasteiger partial charge in [0.1, 0.15) is 0 Å². The molecule has 3 fully saturated rings. The van der Waals surface area contributed by atoms with Crippen molar-refractivity contribution in [2.45, 2.75) is 32.0 Å². The van der Waals surface area contributed by atoms with Crippen molar-refractivity contribution in [1.29, 1.82) is 0 Å². The molecular weight excluding hydrogens is 389 g/mol. The third kappa shape index (κ3) is 4.25. The van der Waals surface area contributed by atoms with Crippen LogP contribution in [-0.4, -0.2) is 59.3 Å². The molecule has 0 bridgehead atoms. The number of pyridine rings is 1. The summed E-state index contributed by atoms with van der Waals surface area (Å²) in [6, 6.07) is 2.82. The van der Waals surface area contributed by atoms with Crippen LogP contribution in [0.4, 0.5) is 18.0 Å². The zero-order valence-corrected chi connectivity index (χ0v) is 15.8. The van der Waals surface area contributed by atoms with E-state index >= 15 is 0 Å². The SMILES string of the molecule is NC(=O)[C@H]1CCN(C(=O)N2CC3(CC(Cc4ccc(OC(F)(F)F)nc4)C3)C2)C1. The molecule has 2 N–H and O–H groups in total. The third-order valence-corrected chi connectivity index (χ3v) is 6.17. The number of hydrogen-bond donors (Lipinski definition) is 1. The first-order valence-electron chi connectivity index (χ1n) is 9.66. The number of urea groups is 1. The maximum atomic E-state index is 12.5. The van der Waals surface area contributed by atoms with Gasteiger partial charge in [-0.3, -0.25) is 4.79 Å². The predicted octanol–water partition coefficient (Wildman–Crippen LogP) is 2.16. The largest absolute Gasteiger partial charge is 0.574 e. The Morgan fingerprint density at radius 1 is 1.24 bits per heavy atom. The van der Waals surface area contributed by atoms with Crippen molar-refractivity contribution < 1.29 is 27.5 Å². The molecule has 1 aromatic heterocycles. The second kappa shape index (κ2) is 7.07. The smallest absolute Gasteiger partial charge is 0.388 e. The summed E-state index contributed by atoms with van der Waals surface area (Å²) in [6.07, 6.45) is 0.0385. The molecule has 1 aromatic rings. The van der Waals surface area contributed by atoms with E-state index in [9.17, 15) is 22.8 Å². The molecule has 3 heterocycles. The van der Waals surface area contributed by atoms with E-state index in [0.29, 0.717) is 25.4 Å². The number of alkyl halides is 3. The minimum absolute atomic E-state index is 0.0210. The number of hydrogen-bond acceptors (Lipinski definition) is 4. The van der Waals surface area contributed by atoms with E-state index in [-0.39, 0.29) is 23.3 Å².